The standard InChI is InChI=1S/C15H19N3O4/c1-15(2,3)22-14(21)18-12-7-5-4-6-9(12)11(17-18)8-10(16)13(19)20/h4-7,10H,8,16H2,1-3H3,(H,19,20). The predicted molar refractivity (Wildman–Crippen MR) is 80.7 cm³/mol. The molecule has 0 amide bonds. The molecule has 7 heteroatoms. The first-order valence-electron chi connectivity index (χ1n) is 6.87. The number of fused-ring (bicyclic) bond motifs is 1. The molecular weight excluding hydrogens is 286 g/mol. The molecule has 1 atom stereocenters. The van der Waals surface area contributed by atoms with E-state index in [1.807, 2.05) is 0 Å². The molecule has 22 heavy (non-hydrogen) atoms. The number of rotatable bonds is 3. The molecule has 0 bridgehead atoms. The molecule has 2 aromatic rings. The average Bonchev–Trinajstić information content (AvgIpc) is 2.76. The summed E-state index contributed by atoms with van der Waals surface area (Å²) in [6, 6.07) is 5.98. The maximum atomic E-state index is 12.2. The summed E-state index contributed by atoms with van der Waals surface area (Å²) in [7, 11) is 0. The lowest BCUT2D eigenvalue weighted by Crippen LogP contribution is -2.32. The number of nitrogens with two attached hydrogens (primary N) is 1. The van der Waals surface area contributed by atoms with Crippen LogP contribution in [0.2, 0.25) is 0 Å². The summed E-state index contributed by atoms with van der Waals surface area (Å²) in [4.78, 5) is 23.2. The fourth-order valence-corrected chi connectivity index (χ4v) is 2.02. The lowest BCUT2D eigenvalue weighted by Gasteiger charge is -2.19. The monoisotopic (exact) mass is 305 g/mol. The summed E-state index contributed by atoms with van der Waals surface area (Å²) in [5.74, 6) is -1.11. The Morgan fingerprint density at radius 2 is 2.00 bits per heavy atom. The van der Waals surface area contributed by atoms with Crippen LogP contribution in [0.25, 0.3) is 10.9 Å². The molecule has 3 N–H and O–H groups in total. The van der Waals surface area contributed by atoms with Crippen molar-refractivity contribution in [1.82, 2.24) is 9.78 Å². The summed E-state index contributed by atoms with van der Waals surface area (Å²) < 4.78 is 6.45. The predicted octanol–water partition coefficient (Wildman–Crippen LogP) is 1.77. The van der Waals surface area contributed by atoms with Gasteiger partial charge in [0.1, 0.15) is 11.6 Å². The molecule has 0 aliphatic carbocycles. The zero-order valence-corrected chi connectivity index (χ0v) is 12.7. The fraction of sp³-hybridized carbons (Fsp3) is 0.400. The molecular formula is C15H19N3O4. The van der Waals surface area contributed by atoms with Gasteiger partial charge in [0.05, 0.1) is 11.2 Å². The minimum absolute atomic E-state index is 0.0334. The molecule has 1 aromatic carbocycles. The average molecular weight is 305 g/mol. The Balaban J connectivity index is 2.44. The van der Waals surface area contributed by atoms with E-state index in [-0.39, 0.29) is 6.42 Å². The summed E-state index contributed by atoms with van der Waals surface area (Å²) in [5.41, 5.74) is 5.93. The van der Waals surface area contributed by atoms with Crippen molar-refractivity contribution in [2.75, 3.05) is 0 Å². The van der Waals surface area contributed by atoms with E-state index < -0.39 is 23.7 Å². The third kappa shape index (κ3) is 3.43. The Bertz CT molecular complexity index is 715. The summed E-state index contributed by atoms with van der Waals surface area (Å²) >= 11 is 0. The molecule has 118 valence electrons. The molecule has 0 saturated heterocycles. The second-order valence-corrected chi connectivity index (χ2v) is 6.00. The van der Waals surface area contributed by atoms with Gasteiger partial charge in [0.25, 0.3) is 0 Å². The van der Waals surface area contributed by atoms with E-state index in [9.17, 15) is 9.59 Å². The molecule has 2 rings (SSSR count). The first kappa shape index (κ1) is 16.0. The fourth-order valence-electron chi connectivity index (χ4n) is 2.02. The second kappa shape index (κ2) is 5.76. The van der Waals surface area contributed by atoms with Crippen LogP contribution in [0.15, 0.2) is 24.3 Å². The van der Waals surface area contributed by atoms with E-state index in [4.69, 9.17) is 15.6 Å². The smallest absolute Gasteiger partial charge is 0.435 e. The van der Waals surface area contributed by atoms with E-state index in [0.717, 1.165) is 4.68 Å². The van der Waals surface area contributed by atoms with Gasteiger partial charge in [-0.25, -0.2) is 4.79 Å². The van der Waals surface area contributed by atoms with Crippen molar-refractivity contribution < 1.29 is 19.4 Å². The van der Waals surface area contributed by atoms with Crippen molar-refractivity contribution in [1.29, 1.82) is 0 Å². The number of aromatic nitrogens is 2. The zero-order valence-electron chi connectivity index (χ0n) is 12.7. The number of para-hydroxylation sites is 1. The van der Waals surface area contributed by atoms with Gasteiger partial charge in [0.2, 0.25) is 0 Å². The quantitative estimate of drug-likeness (QED) is 0.895. The molecule has 1 aromatic heterocycles. The number of carbonyl (C=O) groups is 2. The van der Waals surface area contributed by atoms with Crippen molar-refractivity contribution in [2.24, 2.45) is 5.73 Å². The van der Waals surface area contributed by atoms with Gasteiger partial charge in [-0.2, -0.15) is 9.78 Å². The Morgan fingerprint density at radius 3 is 2.59 bits per heavy atom. The molecule has 7 nitrogen and oxygen atoms in total. The number of nitrogens with zero attached hydrogens (tertiary/aromatic N) is 2. The highest BCUT2D eigenvalue weighted by atomic mass is 16.6. The maximum Gasteiger partial charge on any atom is 0.435 e. The van der Waals surface area contributed by atoms with Gasteiger partial charge >= 0.3 is 12.1 Å². The van der Waals surface area contributed by atoms with Crippen LogP contribution in [-0.4, -0.2) is 38.6 Å². The molecule has 1 unspecified atom stereocenters. The second-order valence-electron chi connectivity index (χ2n) is 6.00. The van der Waals surface area contributed by atoms with Crippen LogP contribution in [0.4, 0.5) is 4.79 Å². The van der Waals surface area contributed by atoms with Crippen LogP contribution in [0.3, 0.4) is 0 Å². The van der Waals surface area contributed by atoms with Crippen molar-refractivity contribution >= 4 is 23.0 Å². The van der Waals surface area contributed by atoms with Gasteiger partial charge in [-0.15, -0.1) is 0 Å². The van der Waals surface area contributed by atoms with Gasteiger partial charge in [-0.05, 0) is 26.8 Å². The van der Waals surface area contributed by atoms with Gasteiger partial charge in [0, 0.05) is 11.8 Å². The normalized spacial score (nSPS) is 13.1. The van der Waals surface area contributed by atoms with Crippen molar-refractivity contribution in [3.8, 4) is 0 Å². The van der Waals surface area contributed by atoms with E-state index in [1.165, 1.54) is 0 Å². The largest absolute Gasteiger partial charge is 0.480 e. The van der Waals surface area contributed by atoms with E-state index in [1.54, 1.807) is 45.0 Å². The number of hydrogen-bond donors (Lipinski definition) is 2. The molecule has 0 aliphatic heterocycles. The van der Waals surface area contributed by atoms with Gasteiger partial charge in [0.15, 0.2) is 0 Å². The van der Waals surface area contributed by atoms with Gasteiger partial charge in [-0.3, -0.25) is 4.79 Å². The first-order valence-corrected chi connectivity index (χ1v) is 6.87. The third-order valence-corrected chi connectivity index (χ3v) is 2.96. The summed E-state index contributed by atoms with van der Waals surface area (Å²) in [6.45, 7) is 5.29. The molecule has 1 heterocycles. The number of carbonyl (C=O) groups excluding carboxylic acids is 1. The number of benzene rings is 1. The molecule has 0 spiro atoms. The Hall–Kier alpha value is -2.41. The van der Waals surface area contributed by atoms with Crippen LogP contribution >= 0.6 is 0 Å². The first-order chi connectivity index (χ1) is 10.2. The molecule has 0 saturated carbocycles. The molecule has 0 radical (unpaired) electrons. The third-order valence-electron chi connectivity index (χ3n) is 2.96. The van der Waals surface area contributed by atoms with Crippen molar-refractivity contribution in [3.63, 3.8) is 0 Å². The highest BCUT2D eigenvalue weighted by Crippen LogP contribution is 2.21. The lowest BCUT2D eigenvalue weighted by atomic mass is 10.1. The Morgan fingerprint density at radius 1 is 1.36 bits per heavy atom. The van der Waals surface area contributed by atoms with E-state index in [0.29, 0.717) is 16.6 Å². The SMILES string of the molecule is CC(C)(C)OC(=O)n1nc(CC(N)C(=O)O)c2ccccc21. The van der Waals surface area contributed by atoms with Crippen molar-refractivity contribution in [3.05, 3.63) is 30.0 Å². The number of carboxylic acids is 1. The number of ether oxygens (including phenoxy) is 1. The summed E-state index contributed by atoms with van der Waals surface area (Å²) in [5, 5.41) is 13.8. The van der Waals surface area contributed by atoms with Crippen LogP contribution in [0.5, 0.6) is 0 Å². The topological polar surface area (TPSA) is 107 Å². The van der Waals surface area contributed by atoms with Crippen LogP contribution in [0.1, 0.15) is 26.5 Å². The lowest BCUT2D eigenvalue weighted by molar-refractivity contribution is -0.138. The summed E-state index contributed by atoms with van der Waals surface area (Å²) in [6.07, 6.45) is -0.579. The minimum atomic E-state index is -1.11. The van der Waals surface area contributed by atoms with Crippen LogP contribution in [-0.2, 0) is 16.0 Å². The number of carboxylic acid groups (broad SMARTS) is 1. The van der Waals surface area contributed by atoms with Gasteiger partial charge < -0.3 is 15.6 Å². The maximum absolute atomic E-state index is 12.2. The molecule has 0 fully saturated rings. The van der Waals surface area contributed by atoms with Crippen molar-refractivity contribution in [2.45, 2.75) is 38.8 Å². The highest BCUT2D eigenvalue weighted by molar-refractivity contribution is 5.90. The Labute approximate surface area is 127 Å². The minimum Gasteiger partial charge on any atom is -0.480 e. The van der Waals surface area contributed by atoms with Crippen LogP contribution < -0.4 is 5.73 Å². The zero-order chi connectivity index (χ0) is 16.5. The highest BCUT2D eigenvalue weighted by Gasteiger charge is 2.23. The number of hydrogen-bond acceptors (Lipinski definition) is 5. The van der Waals surface area contributed by atoms with E-state index >= 15 is 0 Å². The number of aliphatic carboxylic acids is 1. The van der Waals surface area contributed by atoms with Crippen LogP contribution in [0, 0.1) is 0 Å². The Kier molecular flexibility index (Phi) is 4.18. The van der Waals surface area contributed by atoms with Gasteiger partial charge in [-0.1, -0.05) is 18.2 Å². The van der Waals surface area contributed by atoms with E-state index in [2.05, 4.69) is 5.10 Å². The molecule has 0 aliphatic rings.